The number of hydrogen-bond acceptors (Lipinski definition) is 26. The monoisotopic (exact) mass is 2050 g/mol. The quantitative estimate of drug-likeness (QED) is 0.0106. The number of ether oxygens (including phenoxy) is 2. The minimum absolute atomic E-state index is 0.0442. The van der Waals surface area contributed by atoms with Crippen molar-refractivity contribution in [1.82, 2.24) is 71.4 Å². The van der Waals surface area contributed by atoms with Crippen molar-refractivity contribution in [2.45, 2.75) is 270 Å². The van der Waals surface area contributed by atoms with Gasteiger partial charge in [-0.2, -0.15) is 0 Å². The van der Waals surface area contributed by atoms with E-state index in [0.717, 1.165) is 33.6 Å². The lowest BCUT2D eigenvalue weighted by Gasteiger charge is -2.31. The summed E-state index contributed by atoms with van der Waals surface area (Å²) < 4.78 is 44.2. The smallest absolute Gasteiger partial charge is 0.343 e. The second-order valence-corrected chi connectivity index (χ2v) is 39.0. The van der Waals surface area contributed by atoms with E-state index in [-0.39, 0.29) is 212 Å². The Balaban J connectivity index is 0.000000223. The number of pyridine rings is 4. The van der Waals surface area contributed by atoms with Crippen LogP contribution in [0.2, 0.25) is 0 Å². The number of esters is 2. The summed E-state index contributed by atoms with van der Waals surface area (Å²) in [6.45, 7) is 7.08. The molecule has 0 radical (unpaired) electrons. The van der Waals surface area contributed by atoms with E-state index in [1.165, 1.54) is 38.3 Å². The number of nitrogens with zero attached hydrogens (tertiary/aromatic N) is 6. The summed E-state index contributed by atoms with van der Waals surface area (Å²) in [5.41, 5.74) is 3.70. The number of benzene rings is 4. The van der Waals surface area contributed by atoms with E-state index in [0.29, 0.717) is 155 Å². The molecule has 0 bridgehead atoms. The van der Waals surface area contributed by atoms with Gasteiger partial charge in [-0.1, -0.05) is 101 Å². The van der Waals surface area contributed by atoms with Crippen LogP contribution in [0.15, 0.2) is 107 Å². The SMILES string of the molecule is CCCC1CC(=O)N(CCCCCC(=O)NCC(=O)CCC(=O)N[C@@H](Cc2ccccc2)C(=O)CCC(=O)NCC(=O)N[C@H]2CCc3c(C)c(F)cc4nc5c(c2c34)Cn2c-5cc3c(c2=O)COC(=O)[C@]3(O)CC)C1=O.CC[C@@]1(O)C(=O)OCc2c1cc1n(c2=O)Cc2c-1nc1cc(F)c(C)c3c1c2[C@@H](NC(=O)CNC(=O)CCC(=O)[C@H](Cc1ccccc1)NC(=O)CCC(=O)CNC(=O)CCCCCN1C(=O)C=CC1=O)CC3. The number of Topliss-reactive ketones (excluding diaryl/α,β-unsaturated/α-hetero) is 4. The van der Waals surface area contributed by atoms with Crippen LogP contribution in [-0.4, -0.2) is 196 Å². The van der Waals surface area contributed by atoms with E-state index >= 15 is 8.78 Å². The van der Waals surface area contributed by atoms with Gasteiger partial charge in [-0.3, -0.25) is 96.1 Å². The molecule has 8 aromatic rings. The molecule has 4 aromatic heterocycles. The highest BCUT2D eigenvalue weighted by Crippen LogP contribution is 2.49. The average molecular weight is 2050 g/mol. The molecule has 1 unspecified atom stereocenters. The maximum absolute atomic E-state index is 15.4. The fourth-order valence-electron chi connectivity index (χ4n) is 20.9. The van der Waals surface area contributed by atoms with Gasteiger partial charge in [0.05, 0.1) is 108 Å². The van der Waals surface area contributed by atoms with Gasteiger partial charge in [0.2, 0.25) is 59.1 Å². The zero-order chi connectivity index (χ0) is 107. The van der Waals surface area contributed by atoms with E-state index in [1.54, 1.807) is 100 Å². The number of carbonyl (C=O) groups is 18. The second kappa shape index (κ2) is 47.3. The van der Waals surface area contributed by atoms with Crippen molar-refractivity contribution >= 4 is 128 Å². The van der Waals surface area contributed by atoms with Crippen LogP contribution in [0.25, 0.3) is 44.6 Å². The highest BCUT2D eigenvalue weighted by atomic mass is 19.1. The van der Waals surface area contributed by atoms with E-state index in [9.17, 15) is 106 Å². The van der Waals surface area contributed by atoms with Crippen LogP contribution in [0.4, 0.5) is 8.78 Å². The minimum atomic E-state index is -2.06. The van der Waals surface area contributed by atoms with Gasteiger partial charge in [0.1, 0.15) is 24.8 Å². The van der Waals surface area contributed by atoms with Crippen LogP contribution in [0.1, 0.15) is 258 Å². The molecule has 2 aliphatic carbocycles. The number of hydrogen-bond donors (Lipinski definition) is 10. The van der Waals surface area contributed by atoms with Gasteiger partial charge >= 0.3 is 11.9 Å². The second-order valence-electron chi connectivity index (χ2n) is 39.0. The van der Waals surface area contributed by atoms with Crippen molar-refractivity contribution in [1.29, 1.82) is 0 Å². The summed E-state index contributed by atoms with van der Waals surface area (Å²) >= 11 is 0. The first-order valence-corrected chi connectivity index (χ1v) is 50.8. The van der Waals surface area contributed by atoms with Crippen LogP contribution < -0.4 is 53.7 Å². The zero-order valence-electron chi connectivity index (χ0n) is 83.6. The summed E-state index contributed by atoms with van der Waals surface area (Å²) in [6.07, 6.45) is 7.33. The lowest BCUT2D eigenvalue weighted by atomic mass is 9.81. The van der Waals surface area contributed by atoms with Gasteiger partial charge in [-0.25, -0.2) is 28.3 Å². The molecule has 149 heavy (non-hydrogen) atoms. The van der Waals surface area contributed by atoms with Gasteiger partial charge in [-0.05, 0) is 154 Å². The van der Waals surface area contributed by atoms with Crippen molar-refractivity contribution in [2.75, 3.05) is 39.3 Å². The molecule has 784 valence electrons. The number of aryl methyl sites for hydroxylation is 2. The highest BCUT2D eigenvalue weighted by Gasteiger charge is 2.49. The molecule has 1 fully saturated rings. The first kappa shape index (κ1) is 108. The molecule has 10 N–H and O–H groups in total. The summed E-state index contributed by atoms with van der Waals surface area (Å²) in [5, 5.41) is 45.7. The summed E-state index contributed by atoms with van der Waals surface area (Å²) in [7, 11) is 0. The molecule has 40 heteroatoms. The molecule has 8 aliphatic rings. The molecule has 7 atom stereocenters. The largest absolute Gasteiger partial charge is 0.458 e. The lowest BCUT2D eigenvalue weighted by Crippen LogP contribution is -2.44. The summed E-state index contributed by atoms with van der Waals surface area (Å²) in [4.78, 5) is 271. The zero-order valence-corrected chi connectivity index (χ0v) is 83.6. The number of unbranched alkanes of at least 4 members (excludes halogenated alkanes) is 4. The first-order valence-electron chi connectivity index (χ1n) is 50.8. The number of halogens is 2. The fourth-order valence-corrected chi connectivity index (χ4v) is 20.9. The maximum Gasteiger partial charge on any atom is 0.343 e. The predicted molar refractivity (Wildman–Crippen MR) is 533 cm³/mol. The number of amides is 12. The van der Waals surface area contributed by atoms with Crippen LogP contribution in [0.3, 0.4) is 0 Å². The third-order valence-electron chi connectivity index (χ3n) is 29.2. The Morgan fingerprint density at radius 3 is 1.26 bits per heavy atom. The predicted octanol–water partition coefficient (Wildman–Crippen LogP) is 6.80. The Bertz CT molecular complexity index is 6940. The fraction of sp³-hybridized carbons (Fsp3) is 0.450. The normalized spacial score (nSPS) is 18.1. The summed E-state index contributed by atoms with van der Waals surface area (Å²) in [6, 6.07) is 20.2. The highest BCUT2D eigenvalue weighted by molar-refractivity contribution is 6.13. The molecular weight excluding hydrogens is 1930 g/mol. The Morgan fingerprint density at radius 2 is 0.852 bits per heavy atom. The Morgan fingerprint density at radius 1 is 0.456 bits per heavy atom. The molecule has 10 heterocycles. The number of aliphatic hydroxyl groups is 2. The number of carbonyl (C=O) groups excluding carboxylic acids is 18. The van der Waals surface area contributed by atoms with Crippen molar-refractivity contribution in [3.63, 3.8) is 0 Å². The topological polar surface area (TPSA) is 539 Å². The van der Waals surface area contributed by atoms with Gasteiger partial charge in [0.15, 0.2) is 34.3 Å². The molecule has 38 nitrogen and oxygen atoms in total. The molecular formula is C109H120F2N14O24. The van der Waals surface area contributed by atoms with E-state index in [1.807, 2.05) is 6.92 Å². The molecule has 12 amide bonds. The Labute approximate surface area is 854 Å². The number of likely N-dealkylation sites (tertiary alicyclic amines) is 1. The Hall–Kier alpha value is -15.2. The maximum atomic E-state index is 15.4. The number of imide groups is 2. The number of nitrogens with one attached hydrogen (secondary N) is 8. The lowest BCUT2D eigenvalue weighted by molar-refractivity contribution is -0.172. The number of cyclic esters (lactones) is 2. The summed E-state index contributed by atoms with van der Waals surface area (Å²) in [5.74, 6) is -9.76. The van der Waals surface area contributed by atoms with Crippen molar-refractivity contribution in [2.24, 2.45) is 5.92 Å². The standard InChI is InChI=1S/C56H64FN7O12.C53H56FN7O12/c1-4-12-33-24-49(71)63(53(33)72)22-11-7-10-15-45(67)58-27-34(65)16-20-47(69)61-41(23-32-13-8-6-9-14-32)44(66)19-21-46(68)59-28-48(70)60-40-18-17-35-31(3)39(57)26-42-50(35)51(40)36-29-64-43(52(36)62-42)25-38-37(54(64)73)30-76-55(74)56(38,75)5-2;1-3-53(72)35-23-40-50-33(27-61(40)51(70)34(35)28-73-52(53)71)49-37(15-14-32-29(2)36(54)24-39(59-50)48(32)49)57-45(67)26-56-43(65)18-16-41(63)38(22-30-10-6-4-7-11-30)58-44(66)17-13-31(62)25-55-42(64)12-8-5-9-21-60-46(68)19-20-47(60)69/h6,8-9,13-14,25-26,33,40-41,75H,4-5,7,10-12,15-24,27-30H2,1-3H3,(H,58,67)(H,59,68)(H,60,70)(H,61,69);4,6-7,10-11,19-20,23-24,37-38,72H,3,5,8-9,12-18,21-22,25-28H2,1-2H3,(H,55,64)(H,56,65)(H,57,67)(H,58,66)/t33?,40-,41-,56-;37-,38-,53-/m00/s1. The molecule has 0 spiro atoms. The first-order chi connectivity index (χ1) is 71.4. The van der Waals surface area contributed by atoms with E-state index in [4.69, 9.17) is 19.4 Å². The van der Waals surface area contributed by atoms with Gasteiger partial charge in [0.25, 0.3) is 22.9 Å². The number of rotatable bonds is 46. The van der Waals surface area contributed by atoms with Crippen LogP contribution in [0.5, 0.6) is 0 Å². The molecule has 1 saturated heterocycles. The molecule has 0 saturated carbocycles. The number of aromatic nitrogens is 4. The van der Waals surface area contributed by atoms with E-state index in [2.05, 4.69) is 42.5 Å². The Kier molecular flexibility index (Phi) is 34.3. The van der Waals surface area contributed by atoms with Crippen molar-refractivity contribution in [3.8, 4) is 22.8 Å². The number of fused-ring (bicyclic) bond motifs is 10. The minimum Gasteiger partial charge on any atom is -0.458 e. The average Bonchev–Trinajstić information content (AvgIpc) is 1.57. The molecule has 6 aliphatic heterocycles. The molecule has 16 rings (SSSR count). The van der Waals surface area contributed by atoms with Crippen molar-refractivity contribution in [3.05, 3.63) is 207 Å². The number of ketones is 4. The van der Waals surface area contributed by atoms with Crippen LogP contribution in [-0.2, 0) is 159 Å². The van der Waals surface area contributed by atoms with Gasteiger partial charge in [0, 0.05) is 147 Å². The van der Waals surface area contributed by atoms with Gasteiger partial charge < -0.3 is 71.4 Å². The van der Waals surface area contributed by atoms with Crippen molar-refractivity contribution < 1.29 is 115 Å². The van der Waals surface area contributed by atoms with Crippen LogP contribution in [0, 0.1) is 31.4 Å². The molecule has 4 aromatic carbocycles. The van der Waals surface area contributed by atoms with E-state index < -0.39 is 136 Å². The third-order valence-corrected chi connectivity index (χ3v) is 29.2. The van der Waals surface area contributed by atoms with Crippen LogP contribution >= 0.6 is 0 Å². The van der Waals surface area contributed by atoms with Gasteiger partial charge in [-0.15, -0.1) is 0 Å². The third kappa shape index (κ3) is 24.1.